The zero-order valence-electron chi connectivity index (χ0n) is 16.8. The van der Waals surface area contributed by atoms with Crippen molar-refractivity contribution in [3.05, 3.63) is 65.2 Å². The van der Waals surface area contributed by atoms with E-state index in [9.17, 15) is 13.2 Å². The third kappa shape index (κ3) is 4.08. The van der Waals surface area contributed by atoms with Gasteiger partial charge in [-0.2, -0.15) is 13.2 Å². The van der Waals surface area contributed by atoms with Crippen LogP contribution in [0.4, 0.5) is 13.2 Å². The maximum atomic E-state index is 12.9. The summed E-state index contributed by atoms with van der Waals surface area (Å²) in [6.07, 6.45) is -1.76. The first kappa shape index (κ1) is 19.9. The molecule has 2 fully saturated rings. The molecular weight excluding hydrogens is 391 g/mol. The van der Waals surface area contributed by atoms with E-state index in [1.165, 1.54) is 30.5 Å². The quantitative estimate of drug-likeness (QED) is 0.636. The van der Waals surface area contributed by atoms with Crippen molar-refractivity contribution in [1.29, 1.82) is 0 Å². The summed E-state index contributed by atoms with van der Waals surface area (Å²) in [4.78, 5) is 2.39. The van der Waals surface area contributed by atoms with Gasteiger partial charge < -0.3 is 9.47 Å². The van der Waals surface area contributed by atoms with Gasteiger partial charge in [-0.05, 0) is 42.5 Å². The Morgan fingerprint density at radius 1 is 1.00 bits per heavy atom. The molecule has 0 unspecified atom stereocenters. The van der Waals surface area contributed by atoms with E-state index in [0.717, 1.165) is 30.4 Å². The maximum absolute atomic E-state index is 12.9. The number of halogens is 3. The molecule has 0 spiro atoms. The lowest BCUT2D eigenvalue weighted by atomic mass is 9.85. The summed E-state index contributed by atoms with van der Waals surface area (Å²) < 4.78 is 50.8. The molecule has 0 radical (unpaired) electrons. The number of likely N-dealkylation sites (tertiary alicyclic amines) is 1. The summed E-state index contributed by atoms with van der Waals surface area (Å²) in [5, 5.41) is 0. The van der Waals surface area contributed by atoms with Crippen molar-refractivity contribution in [3.8, 4) is 5.75 Å². The largest absolute Gasteiger partial charge is 0.493 e. The van der Waals surface area contributed by atoms with Crippen LogP contribution in [0.25, 0.3) is 0 Å². The van der Waals surface area contributed by atoms with Gasteiger partial charge in [-0.1, -0.05) is 30.3 Å². The molecule has 6 heteroatoms. The third-order valence-electron chi connectivity index (χ3n) is 6.59. The fraction of sp³-hybridized carbons (Fsp3) is 0.500. The average Bonchev–Trinajstić information content (AvgIpc) is 3.49. The zero-order chi connectivity index (χ0) is 20.7. The summed E-state index contributed by atoms with van der Waals surface area (Å²) in [7, 11) is 0. The standard InChI is InChI=1S/C24H26F3NO2/c25-24(26,27)19-9-7-16(8-10-19)11-28-12-18(14-29-13-17-5-6-17)21-15-30-22-4-2-1-3-20(22)23(21)28/h1-4,7-10,17-18,21,23H,5-6,11-15H2/t18-,21-,23-/m0/s1. The summed E-state index contributed by atoms with van der Waals surface area (Å²) in [5.41, 5.74) is 1.46. The minimum Gasteiger partial charge on any atom is -0.493 e. The van der Waals surface area contributed by atoms with Gasteiger partial charge in [-0.25, -0.2) is 0 Å². The highest BCUT2D eigenvalue weighted by molar-refractivity contribution is 5.39. The SMILES string of the molecule is FC(F)(F)c1ccc(CN2C[C@@H](COCC3CC3)[C@@H]3COc4ccccc4[C@@H]32)cc1. The Morgan fingerprint density at radius 3 is 2.50 bits per heavy atom. The molecule has 2 heterocycles. The second-order valence-electron chi connectivity index (χ2n) is 8.82. The van der Waals surface area contributed by atoms with Crippen molar-refractivity contribution in [2.45, 2.75) is 31.6 Å². The number of para-hydroxylation sites is 1. The Kier molecular flexibility index (Phi) is 5.23. The van der Waals surface area contributed by atoms with E-state index >= 15 is 0 Å². The van der Waals surface area contributed by atoms with Crippen molar-refractivity contribution in [3.63, 3.8) is 0 Å². The Labute approximate surface area is 174 Å². The highest BCUT2D eigenvalue weighted by Gasteiger charge is 2.46. The predicted molar refractivity (Wildman–Crippen MR) is 107 cm³/mol. The maximum Gasteiger partial charge on any atom is 0.416 e. The van der Waals surface area contributed by atoms with Gasteiger partial charge in [-0.15, -0.1) is 0 Å². The number of ether oxygens (including phenoxy) is 2. The molecule has 2 aliphatic heterocycles. The summed E-state index contributed by atoms with van der Waals surface area (Å²) in [6, 6.07) is 13.9. The highest BCUT2D eigenvalue weighted by atomic mass is 19.4. The van der Waals surface area contributed by atoms with E-state index in [2.05, 4.69) is 11.0 Å². The molecule has 1 saturated heterocycles. The van der Waals surface area contributed by atoms with Gasteiger partial charge in [0.25, 0.3) is 0 Å². The van der Waals surface area contributed by atoms with E-state index < -0.39 is 11.7 Å². The van der Waals surface area contributed by atoms with Crippen LogP contribution in [0.2, 0.25) is 0 Å². The predicted octanol–water partition coefficient (Wildman–Crippen LogP) is 5.31. The number of alkyl halides is 3. The van der Waals surface area contributed by atoms with Crippen LogP contribution in [0, 0.1) is 17.8 Å². The minimum absolute atomic E-state index is 0.201. The fourth-order valence-electron chi connectivity index (χ4n) is 4.82. The Bertz CT molecular complexity index is 879. The molecule has 0 amide bonds. The molecule has 0 N–H and O–H groups in total. The minimum atomic E-state index is -4.30. The number of hydrogen-bond acceptors (Lipinski definition) is 3. The summed E-state index contributed by atoms with van der Waals surface area (Å²) >= 11 is 0. The molecule has 3 nitrogen and oxygen atoms in total. The van der Waals surface area contributed by atoms with Crippen molar-refractivity contribution in [2.75, 3.05) is 26.4 Å². The smallest absolute Gasteiger partial charge is 0.416 e. The van der Waals surface area contributed by atoms with Crippen LogP contribution in [-0.4, -0.2) is 31.3 Å². The molecule has 2 aromatic carbocycles. The van der Waals surface area contributed by atoms with Crippen LogP contribution < -0.4 is 4.74 Å². The first-order valence-corrected chi connectivity index (χ1v) is 10.7. The van der Waals surface area contributed by atoms with Crippen LogP contribution in [-0.2, 0) is 17.5 Å². The van der Waals surface area contributed by atoms with Gasteiger partial charge in [0.05, 0.1) is 18.8 Å². The molecule has 3 atom stereocenters. The van der Waals surface area contributed by atoms with E-state index in [-0.39, 0.29) is 6.04 Å². The van der Waals surface area contributed by atoms with Crippen molar-refractivity contribution < 1.29 is 22.6 Å². The highest BCUT2D eigenvalue weighted by Crippen LogP contribution is 2.48. The number of nitrogens with zero attached hydrogens (tertiary/aromatic N) is 1. The monoisotopic (exact) mass is 417 g/mol. The Hall–Kier alpha value is -2.05. The van der Waals surface area contributed by atoms with Crippen LogP contribution in [0.15, 0.2) is 48.5 Å². The van der Waals surface area contributed by atoms with Crippen molar-refractivity contribution in [2.24, 2.45) is 17.8 Å². The third-order valence-corrected chi connectivity index (χ3v) is 6.59. The number of benzene rings is 2. The lowest BCUT2D eigenvalue weighted by molar-refractivity contribution is -0.137. The van der Waals surface area contributed by atoms with Crippen LogP contribution >= 0.6 is 0 Å². The lowest BCUT2D eigenvalue weighted by Gasteiger charge is -2.34. The summed E-state index contributed by atoms with van der Waals surface area (Å²) in [5.74, 6) is 2.33. The van der Waals surface area contributed by atoms with Crippen LogP contribution in [0.1, 0.15) is 35.6 Å². The van der Waals surface area contributed by atoms with E-state index in [0.29, 0.717) is 31.6 Å². The van der Waals surface area contributed by atoms with Crippen LogP contribution in [0.5, 0.6) is 5.75 Å². The Balaban J connectivity index is 1.35. The summed E-state index contributed by atoms with van der Waals surface area (Å²) in [6.45, 7) is 3.69. The first-order valence-electron chi connectivity index (χ1n) is 10.7. The second-order valence-corrected chi connectivity index (χ2v) is 8.82. The van der Waals surface area contributed by atoms with Gasteiger partial charge in [0.2, 0.25) is 0 Å². The number of hydrogen-bond donors (Lipinski definition) is 0. The normalized spacial score (nSPS) is 26.2. The molecule has 1 saturated carbocycles. The average molecular weight is 417 g/mol. The molecule has 5 rings (SSSR count). The van der Waals surface area contributed by atoms with Gasteiger partial charge >= 0.3 is 6.18 Å². The van der Waals surface area contributed by atoms with Gasteiger partial charge in [-0.3, -0.25) is 4.90 Å². The molecule has 1 aliphatic carbocycles. The first-order chi connectivity index (χ1) is 14.5. The number of fused-ring (bicyclic) bond motifs is 3. The molecule has 160 valence electrons. The van der Waals surface area contributed by atoms with Gasteiger partial charge in [0.15, 0.2) is 0 Å². The van der Waals surface area contributed by atoms with Crippen LogP contribution in [0.3, 0.4) is 0 Å². The van der Waals surface area contributed by atoms with Gasteiger partial charge in [0, 0.05) is 43.1 Å². The van der Waals surface area contributed by atoms with Gasteiger partial charge in [0.1, 0.15) is 5.75 Å². The van der Waals surface area contributed by atoms with Crippen molar-refractivity contribution >= 4 is 0 Å². The fourth-order valence-corrected chi connectivity index (χ4v) is 4.82. The van der Waals surface area contributed by atoms with E-state index in [1.54, 1.807) is 12.1 Å². The topological polar surface area (TPSA) is 21.7 Å². The van der Waals surface area contributed by atoms with E-state index in [4.69, 9.17) is 9.47 Å². The Morgan fingerprint density at radius 2 is 1.77 bits per heavy atom. The second kappa shape index (κ2) is 7.89. The molecule has 0 aromatic heterocycles. The lowest BCUT2D eigenvalue weighted by Crippen LogP contribution is -2.32. The van der Waals surface area contributed by atoms with Crippen molar-refractivity contribution in [1.82, 2.24) is 4.90 Å². The molecule has 30 heavy (non-hydrogen) atoms. The zero-order valence-corrected chi connectivity index (χ0v) is 16.8. The molecule has 2 aromatic rings. The molecule has 3 aliphatic rings. The van der Waals surface area contributed by atoms with E-state index in [1.807, 2.05) is 18.2 Å². The molecular formula is C24H26F3NO2. The number of rotatable bonds is 6. The molecule has 0 bridgehead atoms.